The zero-order valence-electron chi connectivity index (χ0n) is 15.1. The van der Waals surface area contributed by atoms with Gasteiger partial charge in [-0.05, 0) is 49.4 Å². The van der Waals surface area contributed by atoms with Gasteiger partial charge in [0, 0.05) is 16.3 Å². The molecule has 0 bridgehead atoms. The fraction of sp³-hybridized carbons (Fsp3) is 0.0909. The van der Waals surface area contributed by atoms with Gasteiger partial charge in [0.1, 0.15) is 12.4 Å². The quantitative estimate of drug-likeness (QED) is 0.398. The van der Waals surface area contributed by atoms with Crippen molar-refractivity contribution in [2.45, 2.75) is 13.5 Å². The Morgan fingerprint density at radius 1 is 0.893 bits per heavy atom. The summed E-state index contributed by atoms with van der Waals surface area (Å²) >= 11 is 12.5. The van der Waals surface area contributed by atoms with Crippen LogP contribution in [-0.2, 0) is 6.61 Å². The number of para-hydroxylation sites is 1. The monoisotopic (exact) mass is 409 g/mol. The molecule has 0 atom stereocenters. The van der Waals surface area contributed by atoms with E-state index in [4.69, 9.17) is 27.9 Å². The van der Waals surface area contributed by atoms with Gasteiger partial charge in [0.2, 0.25) is 0 Å². The summed E-state index contributed by atoms with van der Waals surface area (Å²) in [6.07, 6.45) is 0. The highest BCUT2D eigenvalue weighted by atomic mass is 35.5. The molecule has 0 saturated heterocycles. The number of ether oxygens (including phenoxy) is 1. The van der Waals surface area contributed by atoms with Crippen LogP contribution in [0.5, 0.6) is 5.75 Å². The molecule has 28 heavy (non-hydrogen) atoms. The minimum absolute atomic E-state index is 0.274. The highest BCUT2D eigenvalue weighted by molar-refractivity contribution is 6.36. The third-order valence-corrected chi connectivity index (χ3v) is 4.85. The lowest BCUT2D eigenvalue weighted by Crippen LogP contribution is -2.07. The standard InChI is InChI=1S/C22H17Cl2N3O/c1-15-7-10-17(11-8-15)27-21(14-28-18-5-3-2-4-6-18)25-26-22(27)19-12-9-16(23)13-20(19)24/h2-13H,14H2,1H3. The maximum Gasteiger partial charge on any atom is 0.175 e. The van der Waals surface area contributed by atoms with Crippen LogP contribution in [0, 0.1) is 6.92 Å². The van der Waals surface area contributed by atoms with Gasteiger partial charge in [-0.1, -0.05) is 59.1 Å². The van der Waals surface area contributed by atoms with Crippen LogP contribution in [0.2, 0.25) is 10.0 Å². The van der Waals surface area contributed by atoms with Gasteiger partial charge in [0.25, 0.3) is 0 Å². The van der Waals surface area contributed by atoms with Crippen molar-refractivity contribution in [3.63, 3.8) is 0 Å². The van der Waals surface area contributed by atoms with Gasteiger partial charge in [-0.2, -0.15) is 0 Å². The van der Waals surface area contributed by atoms with Gasteiger partial charge in [-0.15, -0.1) is 10.2 Å². The average molecular weight is 410 g/mol. The second kappa shape index (κ2) is 8.05. The largest absolute Gasteiger partial charge is 0.486 e. The normalized spacial score (nSPS) is 10.8. The van der Waals surface area contributed by atoms with E-state index in [2.05, 4.69) is 10.2 Å². The molecule has 4 rings (SSSR count). The highest BCUT2D eigenvalue weighted by Crippen LogP contribution is 2.31. The van der Waals surface area contributed by atoms with Crippen molar-refractivity contribution in [2.24, 2.45) is 0 Å². The molecule has 1 heterocycles. The molecular formula is C22H17Cl2N3O. The van der Waals surface area contributed by atoms with E-state index in [1.165, 1.54) is 5.56 Å². The average Bonchev–Trinajstić information content (AvgIpc) is 3.11. The highest BCUT2D eigenvalue weighted by Gasteiger charge is 2.18. The lowest BCUT2D eigenvalue weighted by molar-refractivity contribution is 0.293. The molecule has 4 nitrogen and oxygen atoms in total. The first-order valence-electron chi connectivity index (χ1n) is 8.76. The van der Waals surface area contributed by atoms with Crippen molar-refractivity contribution in [1.29, 1.82) is 0 Å². The minimum Gasteiger partial charge on any atom is -0.486 e. The van der Waals surface area contributed by atoms with E-state index in [0.717, 1.165) is 17.0 Å². The Balaban J connectivity index is 1.78. The summed E-state index contributed by atoms with van der Waals surface area (Å²) in [4.78, 5) is 0. The Bertz CT molecular complexity index is 1090. The molecule has 0 aliphatic heterocycles. The number of nitrogens with zero attached hydrogens (tertiary/aromatic N) is 3. The van der Waals surface area contributed by atoms with Crippen LogP contribution in [0.4, 0.5) is 0 Å². The number of hydrogen-bond acceptors (Lipinski definition) is 3. The van der Waals surface area contributed by atoms with Crippen molar-refractivity contribution in [3.8, 4) is 22.8 Å². The molecule has 0 amide bonds. The number of rotatable bonds is 5. The van der Waals surface area contributed by atoms with Gasteiger partial charge < -0.3 is 4.74 Å². The van der Waals surface area contributed by atoms with Crippen molar-refractivity contribution in [3.05, 3.63) is 94.2 Å². The Kier molecular flexibility index (Phi) is 5.33. The van der Waals surface area contributed by atoms with E-state index in [0.29, 0.717) is 21.7 Å². The predicted molar refractivity (Wildman–Crippen MR) is 112 cm³/mol. The van der Waals surface area contributed by atoms with Crippen LogP contribution in [0.1, 0.15) is 11.4 Å². The second-order valence-electron chi connectivity index (χ2n) is 6.34. The summed E-state index contributed by atoms with van der Waals surface area (Å²) in [7, 11) is 0. The molecule has 0 N–H and O–H groups in total. The summed E-state index contributed by atoms with van der Waals surface area (Å²) < 4.78 is 7.85. The fourth-order valence-electron chi connectivity index (χ4n) is 2.89. The molecule has 140 valence electrons. The van der Waals surface area contributed by atoms with Gasteiger partial charge >= 0.3 is 0 Å². The molecule has 4 aromatic rings. The third kappa shape index (κ3) is 3.88. The van der Waals surface area contributed by atoms with Gasteiger partial charge in [0.05, 0.1) is 5.02 Å². The summed E-state index contributed by atoms with van der Waals surface area (Å²) in [5, 5.41) is 9.85. The van der Waals surface area contributed by atoms with Crippen LogP contribution in [0.25, 0.3) is 17.1 Å². The number of benzene rings is 3. The number of hydrogen-bond donors (Lipinski definition) is 0. The summed E-state index contributed by atoms with van der Waals surface area (Å²) in [5.74, 6) is 2.08. The molecule has 0 fully saturated rings. The summed E-state index contributed by atoms with van der Waals surface area (Å²) in [6, 6.07) is 23.1. The molecule has 0 spiro atoms. The lowest BCUT2D eigenvalue weighted by Gasteiger charge is -2.12. The minimum atomic E-state index is 0.274. The van der Waals surface area contributed by atoms with Crippen molar-refractivity contribution >= 4 is 23.2 Å². The number of halogens is 2. The molecule has 0 saturated carbocycles. The number of aryl methyl sites for hydroxylation is 1. The second-order valence-corrected chi connectivity index (χ2v) is 7.18. The topological polar surface area (TPSA) is 39.9 Å². The maximum atomic E-state index is 6.43. The Labute approximate surface area is 173 Å². The zero-order chi connectivity index (χ0) is 19.5. The van der Waals surface area contributed by atoms with E-state index in [9.17, 15) is 0 Å². The molecule has 6 heteroatoms. The van der Waals surface area contributed by atoms with E-state index in [1.54, 1.807) is 12.1 Å². The van der Waals surface area contributed by atoms with Crippen LogP contribution >= 0.6 is 23.2 Å². The van der Waals surface area contributed by atoms with Crippen LogP contribution in [-0.4, -0.2) is 14.8 Å². The summed E-state index contributed by atoms with van der Waals surface area (Å²) in [5.41, 5.74) is 2.86. The zero-order valence-corrected chi connectivity index (χ0v) is 16.7. The first-order chi connectivity index (χ1) is 13.6. The van der Waals surface area contributed by atoms with Crippen molar-refractivity contribution < 1.29 is 4.74 Å². The molecule has 0 aliphatic rings. The summed E-state index contributed by atoms with van der Waals surface area (Å²) in [6.45, 7) is 2.32. The van der Waals surface area contributed by atoms with Crippen molar-refractivity contribution in [1.82, 2.24) is 14.8 Å². The SMILES string of the molecule is Cc1ccc(-n2c(COc3ccccc3)nnc2-c2ccc(Cl)cc2Cl)cc1. The van der Waals surface area contributed by atoms with Crippen LogP contribution in [0.3, 0.4) is 0 Å². The Morgan fingerprint density at radius 2 is 1.64 bits per heavy atom. The smallest absolute Gasteiger partial charge is 0.175 e. The van der Waals surface area contributed by atoms with Crippen molar-refractivity contribution in [2.75, 3.05) is 0 Å². The molecule has 0 unspecified atom stereocenters. The molecule has 3 aromatic carbocycles. The van der Waals surface area contributed by atoms with Gasteiger partial charge in [-0.25, -0.2) is 0 Å². The molecule has 0 aliphatic carbocycles. The fourth-order valence-corrected chi connectivity index (χ4v) is 3.38. The number of aromatic nitrogens is 3. The maximum absolute atomic E-state index is 6.43. The van der Waals surface area contributed by atoms with E-state index in [-0.39, 0.29) is 6.61 Å². The van der Waals surface area contributed by atoms with Gasteiger partial charge in [0.15, 0.2) is 11.6 Å². The van der Waals surface area contributed by atoms with Gasteiger partial charge in [-0.3, -0.25) is 4.57 Å². The van der Waals surface area contributed by atoms with E-state index >= 15 is 0 Å². The first-order valence-corrected chi connectivity index (χ1v) is 9.52. The Morgan fingerprint density at radius 3 is 2.36 bits per heavy atom. The third-order valence-electron chi connectivity index (χ3n) is 4.31. The predicted octanol–water partition coefficient (Wildman–Crippen LogP) is 6.13. The molecule has 0 radical (unpaired) electrons. The van der Waals surface area contributed by atoms with Crippen LogP contribution in [0.15, 0.2) is 72.8 Å². The van der Waals surface area contributed by atoms with Crippen LogP contribution < -0.4 is 4.74 Å². The lowest BCUT2D eigenvalue weighted by atomic mass is 10.2. The molecule has 1 aromatic heterocycles. The Hall–Kier alpha value is -2.82. The van der Waals surface area contributed by atoms with E-state index in [1.807, 2.05) is 72.2 Å². The first kappa shape index (κ1) is 18.5. The molecular weight excluding hydrogens is 393 g/mol. The van der Waals surface area contributed by atoms with E-state index < -0.39 is 0 Å².